The molecule has 0 aliphatic heterocycles. The van der Waals surface area contributed by atoms with E-state index in [1.165, 1.54) is 16.2 Å². The molecule has 1 unspecified atom stereocenters. The molecule has 0 spiro atoms. The minimum absolute atomic E-state index is 0.237. The van der Waals surface area contributed by atoms with E-state index in [1.807, 2.05) is 13.8 Å². The quantitative estimate of drug-likeness (QED) is 0.656. The van der Waals surface area contributed by atoms with E-state index in [-0.39, 0.29) is 11.9 Å². The van der Waals surface area contributed by atoms with Crippen molar-refractivity contribution in [2.45, 2.75) is 46.5 Å². The van der Waals surface area contributed by atoms with Gasteiger partial charge in [0.2, 0.25) is 0 Å². The molecule has 28 heavy (non-hydrogen) atoms. The molecule has 5 nitrogen and oxygen atoms in total. The van der Waals surface area contributed by atoms with Crippen molar-refractivity contribution in [3.63, 3.8) is 0 Å². The summed E-state index contributed by atoms with van der Waals surface area (Å²) in [5.74, 6) is 0.735. The third-order valence-corrected chi connectivity index (χ3v) is 5.98. The number of thiophene rings is 1. The highest BCUT2D eigenvalue weighted by Gasteiger charge is 2.29. The summed E-state index contributed by atoms with van der Waals surface area (Å²) in [5, 5.41) is 3.54. The number of rotatable bonds is 7. The third-order valence-electron chi connectivity index (χ3n) is 4.81. The Morgan fingerprint density at radius 3 is 2.64 bits per heavy atom. The highest BCUT2D eigenvalue weighted by molar-refractivity contribution is 7.17. The number of ether oxygens (including phenoxy) is 2. The van der Waals surface area contributed by atoms with E-state index in [0.717, 1.165) is 37.0 Å². The Balaban J connectivity index is 1.85. The summed E-state index contributed by atoms with van der Waals surface area (Å²) in [7, 11) is 0. The van der Waals surface area contributed by atoms with Gasteiger partial charge in [-0.1, -0.05) is 13.8 Å². The van der Waals surface area contributed by atoms with Gasteiger partial charge in [-0.25, -0.2) is 4.79 Å². The molecule has 0 radical (unpaired) electrons. The lowest BCUT2D eigenvalue weighted by Crippen LogP contribution is -2.17. The summed E-state index contributed by atoms with van der Waals surface area (Å²) in [6, 6.07) is 7.00. The average molecular weight is 402 g/mol. The van der Waals surface area contributed by atoms with E-state index in [4.69, 9.17) is 9.47 Å². The highest BCUT2D eigenvalue weighted by atomic mass is 32.1. The molecule has 1 aliphatic carbocycles. The van der Waals surface area contributed by atoms with E-state index in [2.05, 4.69) is 12.2 Å². The van der Waals surface area contributed by atoms with Gasteiger partial charge in [-0.05, 0) is 68.4 Å². The number of fused-ring (bicyclic) bond motifs is 1. The molecule has 0 saturated heterocycles. The van der Waals surface area contributed by atoms with Crippen LogP contribution in [0.15, 0.2) is 24.3 Å². The van der Waals surface area contributed by atoms with Crippen LogP contribution >= 0.6 is 11.3 Å². The maximum atomic E-state index is 12.8. The molecule has 1 heterocycles. The summed E-state index contributed by atoms with van der Waals surface area (Å²) in [6.45, 7) is 7.06. The summed E-state index contributed by atoms with van der Waals surface area (Å²) < 4.78 is 10.8. The number of benzene rings is 1. The maximum Gasteiger partial charge on any atom is 0.341 e. The molecule has 0 fully saturated rings. The lowest BCUT2D eigenvalue weighted by atomic mass is 9.88. The number of hydrogen-bond acceptors (Lipinski definition) is 5. The molecule has 0 saturated carbocycles. The smallest absolute Gasteiger partial charge is 0.341 e. The van der Waals surface area contributed by atoms with Crippen LogP contribution in [0.2, 0.25) is 0 Å². The van der Waals surface area contributed by atoms with E-state index >= 15 is 0 Å². The first kappa shape index (κ1) is 20.4. The standard InChI is InChI=1S/C22H27NO4S/c1-4-12-27-22(25)19-17-11-6-14(3)13-18(17)28-21(19)23-20(24)15-7-9-16(10-8-15)26-5-2/h7-10,14H,4-6,11-13H2,1-3H3,(H,23,24). The normalized spacial score (nSPS) is 15.6. The second-order valence-electron chi connectivity index (χ2n) is 7.10. The van der Waals surface area contributed by atoms with Crippen LogP contribution in [0.25, 0.3) is 0 Å². The van der Waals surface area contributed by atoms with Gasteiger partial charge in [-0.15, -0.1) is 11.3 Å². The van der Waals surface area contributed by atoms with Crippen LogP contribution in [0.1, 0.15) is 64.8 Å². The van der Waals surface area contributed by atoms with Crippen molar-refractivity contribution in [2.75, 3.05) is 18.5 Å². The van der Waals surface area contributed by atoms with E-state index in [1.54, 1.807) is 24.3 Å². The van der Waals surface area contributed by atoms with Crippen molar-refractivity contribution in [1.29, 1.82) is 0 Å². The van der Waals surface area contributed by atoms with Crippen molar-refractivity contribution in [1.82, 2.24) is 0 Å². The number of esters is 1. The minimum atomic E-state index is -0.337. The van der Waals surface area contributed by atoms with Crippen LogP contribution in [-0.2, 0) is 17.6 Å². The fourth-order valence-electron chi connectivity index (χ4n) is 3.37. The third kappa shape index (κ3) is 4.55. The lowest BCUT2D eigenvalue weighted by molar-refractivity contribution is 0.0505. The Bertz CT molecular complexity index is 841. The Hall–Kier alpha value is -2.34. The maximum absolute atomic E-state index is 12.8. The van der Waals surface area contributed by atoms with E-state index in [9.17, 15) is 9.59 Å². The van der Waals surface area contributed by atoms with Gasteiger partial charge in [-0.2, -0.15) is 0 Å². The monoisotopic (exact) mass is 401 g/mol. The molecule has 1 amide bonds. The van der Waals surface area contributed by atoms with Crippen LogP contribution in [0, 0.1) is 5.92 Å². The Kier molecular flexibility index (Phi) is 6.73. The highest BCUT2D eigenvalue weighted by Crippen LogP contribution is 2.40. The fourth-order valence-corrected chi connectivity index (χ4v) is 4.76. The van der Waals surface area contributed by atoms with Crippen LogP contribution in [0.5, 0.6) is 5.75 Å². The van der Waals surface area contributed by atoms with Crippen LogP contribution in [0.3, 0.4) is 0 Å². The molecule has 1 aromatic heterocycles. The van der Waals surface area contributed by atoms with Gasteiger partial charge in [0.1, 0.15) is 10.8 Å². The van der Waals surface area contributed by atoms with Crippen LogP contribution in [-0.4, -0.2) is 25.1 Å². The zero-order chi connectivity index (χ0) is 20.1. The summed E-state index contributed by atoms with van der Waals surface area (Å²) in [4.78, 5) is 26.6. The van der Waals surface area contributed by atoms with Gasteiger partial charge in [0, 0.05) is 10.4 Å². The molecular weight excluding hydrogens is 374 g/mol. The summed E-state index contributed by atoms with van der Waals surface area (Å²) in [5.41, 5.74) is 2.11. The molecule has 1 N–H and O–H groups in total. The number of hydrogen-bond donors (Lipinski definition) is 1. The Morgan fingerprint density at radius 2 is 1.96 bits per heavy atom. The van der Waals surface area contributed by atoms with Gasteiger partial charge >= 0.3 is 5.97 Å². The molecule has 1 atom stereocenters. The molecule has 150 valence electrons. The van der Waals surface area contributed by atoms with Gasteiger partial charge < -0.3 is 14.8 Å². The molecule has 1 aromatic carbocycles. The fraction of sp³-hybridized carbons (Fsp3) is 0.455. The first-order chi connectivity index (χ1) is 13.5. The molecular formula is C22H27NO4S. The predicted octanol–water partition coefficient (Wildman–Crippen LogP) is 5.09. The summed E-state index contributed by atoms with van der Waals surface area (Å²) in [6.07, 6.45) is 3.60. The topological polar surface area (TPSA) is 64.6 Å². The van der Waals surface area contributed by atoms with Gasteiger partial charge in [0.25, 0.3) is 5.91 Å². The van der Waals surface area contributed by atoms with Crippen molar-refractivity contribution in [3.05, 3.63) is 45.8 Å². The van der Waals surface area contributed by atoms with Crippen LogP contribution in [0.4, 0.5) is 5.00 Å². The Morgan fingerprint density at radius 1 is 1.21 bits per heavy atom. The number of nitrogens with one attached hydrogen (secondary N) is 1. The molecule has 0 bridgehead atoms. The van der Waals surface area contributed by atoms with Crippen molar-refractivity contribution in [3.8, 4) is 5.75 Å². The largest absolute Gasteiger partial charge is 0.494 e. The summed E-state index contributed by atoms with van der Waals surface area (Å²) >= 11 is 1.50. The second kappa shape index (κ2) is 9.24. The van der Waals surface area contributed by atoms with E-state index < -0.39 is 0 Å². The predicted molar refractivity (Wildman–Crippen MR) is 112 cm³/mol. The number of amides is 1. The first-order valence-corrected chi connectivity index (χ1v) is 10.7. The van der Waals surface area contributed by atoms with Crippen molar-refractivity contribution in [2.24, 2.45) is 5.92 Å². The molecule has 2 aromatic rings. The Labute approximate surface area is 170 Å². The van der Waals surface area contributed by atoms with Crippen LogP contribution < -0.4 is 10.1 Å². The van der Waals surface area contributed by atoms with Gasteiger partial charge in [-0.3, -0.25) is 4.79 Å². The van der Waals surface area contributed by atoms with Gasteiger partial charge in [0.05, 0.1) is 18.8 Å². The lowest BCUT2D eigenvalue weighted by Gasteiger charge is -2.18. The molecule has 1 aliphatic rings. The zero-order valence-corrected chi connectivity index (χ0v) is 17.5. The zero-order valence-electron chi connectivity index (χ0n) is 16.7. The minimum Gasteiger partial charge on any atom is -0.494 e. The second-order valence-corrected chi connectivity index (χ2v) is 8.21. The van der Waals surface area contributed by atoms with Gasteiger partial charge in [0.15, 0.2) is 0 Å². The number of carbonyl (C=O) groups excluding carboxylic acids is 2. The van der Waals surface area contributed by atoms with Crippen molar-refractivity contribution < 1.29 is 19.1 Å². The average Bonchev–Trinajstić information content (AvgIpc) is 3.03. The molecule has 3 rings (SSSR count). The molecule has 6 heteroatoms. The first-order valence-electron chi connectivity index (χ1n) is 9.89. The van der Waals surface area contributed by atoms with Crippen molar-refractivity contribution >= 4 is 28.2 Å². The SMILES string of the molecule is CCCOC(=O)c1c(NC(=O)c2ccc(OCC)cc2)sc2c1CCC(C)C2. The van der Waals surface area contributed by atoms with E-state index in [0.29, 0.717) is 35.3 Å². The number of carbonyl (C=O) groups is 2. The number of anilines is 1.